The first-order valence-electron chi connectivity index (χ1n) is 13.0. The largest absolute Gasteiger partial charge is 0.453 e. The molecule has 0 aromatic heterocycles. The summed E-state index contributed by atoms with van der Waals surface area (Å²) in [6.07, 6.45) is 5.86. The van der Waals surface area contributed by atoms with E-state index in [4.69, 9.17) is 4.74 Å². The monoisotopic (exact) mass is 554 g/mol. The van der Waals surface area contributed by atoms with Crippen LogP contribution in [0.25, 0.3) is 11.1 Å². The number of unbranched alkanes of at least 4 members (excludes halogenated alkanes) is 1. The summed E-state index contributed by atoms with van der Waals surface area (Å²) in [4.78, 5) is 0. The lowest BCUT2D eigenvalue weighted by atomic mass is 9.76. The van der Waals surface area contributed by atoms with E-state index in [1.165, 1.54) is 24.3 Å². The lowest BCUT2D eigenvalue weighted by Crippen LogP contribution is -2.17. The molecule has 210 valence electrons. The molecule has 0 saturated heterocycles. The summed E-state index contributed by atoms with van der Waals surface area (Å²) in [7, 11) is 0. The number of halogens is 7. The van der Waals surface area contributed by atoms with Crippen LogP contribution >= 0.6 is 0 Å². The number of para-hydroxylation sites is 1. The lowest BCUT2D eigenvalue weighted by molar-refractivity contribution is -0.0546. The molecule has 1 saturated carbocycles. The first-order chi connectivity index (χ1) is 18.6. The average molecular weight is 555 g/mol. The topological polar surface area (TPSA) is 18.5 Å². The van der Waals surface area contributed by atoms with Gasteiger partial charge in [0.2, 0.25) is 0 Å². The van der Waals surface area contributed by atoms with Gasteiger partial charge < -0.3 is 9.47 Å². The molecular formula is C30H29F7O2. The van der Waals surface area contributed by atoms with Crippen LogP contribution in [0.4, 0.5) is 30.7 Å². The van der Waals surface area contributed by atoms with Gasteiger partial charge in [0, 0.05) is 16.7 Å². The summed E-state index contributed by atoms with van der Waals surface area (Å²) in [5.41, 5.74) is -0.779. The minimum atomic E-state index is -3.44. The lowest BCUT2D eigenvalue weighted by Gasteiger charge is -2.30. The van der Waals surface area contributed by atoms with Crippen LogP contribution in [-0.4, -0.2) is 6.61 Å². The zero-order valence-electron chi connectivity index (χ0n) is 21.6. The van der Waals surface area contributed by atoms with E-state index >= 15 is 8.78 Å². The van der Waals surface area contributed by atoms with E-state index < -0.39 is 58.7 Å². The van der Waals surface area contributed by atoms with Crippen molar-refractivity contribution in [3.05, 3.63) is 76.6 Å². The van der Waals surface area contributed by atoms with Crippen LogP contribution in [0.15, 0.2) is 36.4 Å². The van der Waals surface area contributed by atoms with Crippen molar-refractivity contribution in [1.82, 2.24) is 0 Å². The molecule has 1 fully saturated rings. The zero-order valence-corrected chi connectivity index (χ0v) is 21.6. The molecule has 0 radical (unpaired) electrons. The highest BCUT2D eigenvalue weighted by Gasteiger charge is 2.33. The number of hydrogen-bond acceptors (Lipinski definition) is 2. The highest BCUT2D eigenvalue weighted by Crippen LogP contribution is 2.47. The Balaban J connectivity index is 1.73. The summed E-state index contributed by atoms with van der Waals surface area (Å²) in [6.45, 7) is -0.228. The number of benzene rings is 3. The van der Waals surface area contributed by atoms with Crippen molar-refractivity contribution in [1.29, 1.82) is 0 Å². The Kier molecular flexibility index (Phi) is 9.08. The van der Waals surface area contributed by atoms with Gasteiger partial charge in [-0.15, -0.1) is 0 Å². The smallest absolute Gasteiger partial charge is 0.387 e. The molecule has 2 nitrogen and oxygen atoms in total. The van der Waals surface area contributed by atoms with Crippen LogP contribution < -0.4 is 9.47 Å². The molecule has 0 bridgehead atoms. The Bertz CT molecular complexity index is 1290. The van der Waals surface area contributed by atoms with Crippen LogP contribution in [-0.2, 0) is 0 Å². The number of rotatable bonds is 9. The maximum atomic E-state index is 15.5. The van der Waals surface area contributed by atoms with Crippen molar-refractivity contribution >= 4 is 0 Å². The van der Waals surface area contributed by atoms with E-state index in [1.807, 2.05) is 0 Å². The van der Waals surface area contributed by atoms with Gasteiger partial charge in [-0.05, 0) is 68.2 Å². The second-order valence-corrected chi connectivity index (χ2v) is 9.92. The van der Waals surface area contributed by atoms with Crippen LogP contribution in [0.1, 0.15) is 68.9 Å². The Morgan fingerprint density at radius 2 is 1.49 bits per heavy atom. The van der Waals surface area contributed by atoms with E-state index in [1.54, 1.807) is 0 Å². The third-order valence-electron chi connectivity index (χ3n) is 7.37. The molecule has 0 amide bonds. The maximum absolute atomic E-state index is 15.5. The standard InChI is InChI=1S/C30H29F7O2/c1-3-4-7-17-10-12-18(13-11-17)24-27(35)25(33)16(2)26(34)29(24)38-23-9-6-5-8-20(23)19-14-21(31)28(22(32)15-19)39-30(36)37/h5-6,8-9,14-15,17-18,30H,3-4,7,10-13H2,1-2H3/t17-,18-. The van der Waals surface area contributed by atoms with Crippen LogP contribution in [0.5, 0.6) is 17.2 Å². The fourth-order valence-electron chi connectivity index (χ4n) is 5.29. The second kappa shape index (κ2) is 12.3. The van der Waals surface area contributed by atoms with Crippen LogP contribution in [0.2, 0.25) is 0 Å². The minimum absolute atomic E-state index is 0.0786. The quantitative estimate of drug-likeness (QED) is 0.194. The van der Waals surface area contributed by atoms with Crippen molar-refractivity contribution in [2.45, 2.75) is 71.3 Å². The van der Waals surface area contributed by atoms with Gasteiger partial charge in [-0.25, -0.2) is 22.0 Å². The molecule has 4 rings (SSSR count). The molecule has 0 N–H and O–H groups in total. The van der Waals surface area contributed by atoms with Crippen LogP contribution in [0, 0.1) is 41.9 Å². The Hall–Kier alpha value is -3.23. The molecule has 39 heavy (non-hydrogen) atoms. The predicted octanol–water partition coefficient (Wildman–Crippen LogP) is 10.2. The van der Waals surface area contributed by atoms with Gasteiger partial charge >= 0.3 is 6.61 Å². The van der Waals surface area contributed by atoms with Gasteiger partial charge in [-0.2, -0.15) is 8.78 Å². The fraction of sp³-hybridized carbons (Fsp3) is 0.400. The predicted molar refractivity (Wildman–Crippen MR) is 134 cm³/mol. The van der Waals surface area contributed by atoms with E-state index in [0.29, 0.717) is 18.8 Å². The van der Waals surface area contributed by atoms with Crippen LogP contribution in [0.3, 0.4) is 0 Å². The van der Waals surface area contributed by atoms with E-state index in [9.17, 15) is 22.0 Å². The van der Waals surface area contributed by atoms with Gasteiger partial charge in [0.25, 0.3) is 0 Å². The average Bonchev–Trinajstić information content (AvgIpc) is 2.92. The maximum Gasteiger partial charge on any atom is 0.387 e. The highest BCUT2D eigenvalue weighted by molar-refractivity contribution is 5.72. The van der Waals surface area contributed by atoms with Gasteiger partial charge in [0.1, 0.15) is 5.75 Å². The fourth-order valence-corrected chi connectivity index (χ4v) is 5.29. The van der Waals surface area contributed by atoms with Crippen molar-refractivity contribution in [2.75, 3.05) is 0 Å². The Labute approximate surface area is 222 Å². The Morgan fingerprint density at radius 1 is 0.846 bits per heavy atom. The van der Waals surface area contributed by atoms with Crippen molar-refractivity contribution < 1.29 is 40.2 Å². The molecule has 0 heterocycles. The summed E-state index contributed by atoms with van der Waals surface area (Å²) in [5.74, 6) is -8.09. The van der Waals surface area contributed by atoms with E-state index in [-0.39, 0.29) is 22.4 Å². The molecule has 3 aromatic carbocycles. The van der Waals surface area contributed by atoms with Crippen molar-refractivity contribution in [2.24, 2.45) is 5.92 Å². The summed E-state index contributed by atoms with van der Waals surface area (Å²) in [6, 6.07) is 7.38. The van der Waals surface area contributed by atoms with Gasteiger partial charge in [0.05, 0.1) is 0 Å². The molecule has 3 aromatic rings. The molecule has 0 spiro atoms. The number of alkyl halides is 2. The van der Waals surface area contributed by atoms with E-state index in [0.717, 1.165) is 51.2 Å². The molecule has 0 atom stereocenters. The van der Waals surface area contributed by atoms with Crippen molar-refractivity contribution in [3.63, 3.8) is 0 Å². The molecule has 0 unspecified atom stereocenters. The molecular weight excluding hydrogens is 525 g/mol. The van der Waals surface area contributed by atoms with Gasteiger partial charge in [0.15, 0.2) is 40.6 Å². The number of ether oxygens (including phenoxy) is 2. The van der Waals surface area contributed by atoms with Gasteiger partial charge in [-0.1, -0.05) is 44.4 Å². The summed E-state index contributed by atoms with van der Waals surface area (Å²) >= 11 is 0. The normalized spacial score (nSPS) is 17.5. The molecule has 1 aliphatic carbocycles. The SMILES string of the molecule is CCCC[C@H]1CC[C@H](c2c(F)c(F)c(C)c(F)c2Oc2ccccc2-c2cc(F)c(OC(F)F)c(F)c2)CC1. The van der Waals surface area contributed by atoms with E-state index in [2.05, 4.69) is 11.7 Å². The summed E-state index contributed by atoms with van der Waals surface area (Å²) < 4.78 is 109. The zero-order chi connectivity index (χ0) is 28.3. The first-order valence-corrected chi connectivity index (χ1v) is 13.0. The Morgan fingerprint density at radius 3 is 2.10 bits per heavy atom. The van der Waals surface area contributed by atoms with Gasteiger partial charge in [-0.3, -0.25) is 0 Å². The van der Waals surface area contributed by atoms with Crippen molar-refractivity contribution in [3.8, 4) is 28.4 Å². The summed E-state index contributed by atoms with van der Waals surface area (Å²) in [5, 5.41) is 0. The molecule has 9 heteroatoms. The third-order valence-corrected chi connectivity index (χ3v) is 7.37. The second-order valence-electron chi connectivity index (χ2n) is 9.92. The minimum Gasteiger partial charge on any atom is -0.453 e. The number of hydrogen-bond donors (Lipinski definition) is 0. The highest BCUT2D eigenvalue weighted by atomic mass is 19.3. The molecule has 1 aliphatic rings. The first kappa shape index (κ1) is 28.8. The third kappa shape index (κ3) is 6.17. The molecule has 0 aliphatic heterocycles.